The predicted molar refractivity (Wildman–Crippen MR) is 70.3 cm³/mol. The summed E-state index contributed by atoms with van der Waals surface area (Å²) in [5.41, 5.74) is 6.39. The molecular weight excluding hydrogens is 252 g/mol. The molecule has 0 atom stereocenters. The van der Waals surface area contributed by atoms with Crippen molar-refractivity contribution in [3.8, 4) is 0 Å². The molecule has 0 unspecified atom stereocenters. The fourth-order valence-corrected chi connectivity index (χ4v) is 1.62. The second-order valence-electron chi connectivity index (χ2n) is 3.72. The topological polar surface area (TPSA) is 90.8 Å². The van der Waals surface area contributed by atoms with Gasteiger partial charge in [-0.05, 0) is 6.07 Å². The lowest BCUT2D eigenvalue weighted by atomic mass is 10.3. The number of hydrogen-bond acceptors (Lipinski definition) is 4. The molecule has 94 valence electrons. The van der Waals surface area contributed by atoms with Gasteiger partial charge in [0.05, 0.1) is 11.8 Å². The third-order valence-corrected chi connectivity index (χ3v) is 2.60. The van der Waals surface area contributed by atoms with Gasteiger partial charge in [-0.25, -0.2) is 0 Å². The Balaban J connectivity index is 2.27. The van der Waals surface area contributed by atoms with Crippen LogP contribution >= 0.6 is 12.2 Å². The average Bonchev–Trinajstić information content (AvgIpc) is 2.87. The average molecular weight is 264 g/mol. The first-order valence-electron chi connectivity index (χ1n) is 5.12. The van der Waals surface area contributed by atoms with Crippen LogP contribution in [-0.2, 0) is 14.1 Å². The summed E-state index contributed by atoms with van der Waals surface area (Å²) >= 11 is 4.89. The van der Waals surface area contributed by atoms with Gasteiger partial charge in [-0.15, -0.1) is 0 Å². The molecule has 0 saturated carbocycles. The number of aromatic nitrogens is 4. The van der Waals surface area contributed by atoms with Crippen LogP contribution in [-0.4, -0.2) is 30.5 Å². The number of nitrogens with zero attached hydrogens (tertiary/aromatic N) is 4. The molecule has 0 radical (unpaired) electrons. The zero-order valence-electron chi connectivity index (χ0n) is 9.91. The van der Waals surface area contributed by atoms with Gasteiger partial charge in [-0.1, -0.05) is 12.2 Å². The first-order valence-corrected chi connectivity index (χ1v) is 5.52. The molecule has 3 N–H and O–H groups in total. The maximum absolute atomic E-state index is 11.9. The van der Waals surface area contributed by atoms with Gasteiger partial charge in [0, 0.05) is 20.3 Å². The fraction of sp³-hybridized carbons (Fsp3) is 0.200. The molecule has 2 rings (SSSR count). The van der Waals surface area contributed by atoms with Gasteiger partial charge < -0.3 is 11.1 Å². The number of nitrogens with two attached hydrogens (primary N) is 1. The molecule has 0 spiro atoms. The Morgan fingerprint density at radius 1 is 1.50 bits per heavy atom. The van der Waals surface area contributed by atoms with Crippen LogP contribution < -0.4 is 11.1 Å². The summed E-state index contributed by atoms with van der Waals surface area (Å²) in [6.07, 6.45) is 3.20. The zero-order valence-corrected chi connectivity index (χ0v) is 10.7. The predicted octanol–water partition coefficient (Wildman–Crippen LogP) is 0.0401. The van der Waals surface area contributed by atoms with E-state index in [2.05, 4.69) is 15.5 Å². The molecule has 1 amide bonds. The number of aryl methyl sites for hydroxylation is 2. The van der Waals surface area contributed by atoms with Gasteiger partial charge in [0.25, 0.3) is 5.91 Å². The van der Waals surface area contributed by atoms with Crippen molar-refractivity contribution in [3.63, 3.8) is 0 Å². The van der Waals surface area contributed by atoms with Crippen LogP contribution in [0.5, 0.6) is 0 Å². The first-order chi connectivity index (χ1) is 8.49. The molecule has 0 aromatic carbocycles. The van der Waals surface area contributed by atoms with E-state index in [4.69, 9.17) is 18.0 Å². The van der Waals surface area contributed by atoms with E-state index in [0.717, 1.165) is 0 Å². The third kappa shape index (κ3) is 2.23. The Kier molecular flexibility index (Phi) is 3.11. The highest BCUT2D eigenvalue weighted by molar-refractivity contribution is 7.80. The van der Waals surface area contributed by atoms with E-state index in [-0.39, 0.29) is 10.9 Å². The van der Waals surface area contributed by atoms with Crippen molar-refractivity contribution >= 4 is 28.9 Å². The number of thiocarbonyl (C=S) groups is 1. The molecule has 0 fully saturated rings. The SMILES string of the molecule is Cn1ccc(C(=O)Nc2c(C(N)=S)cnn2C)n1. The Morgan fingerprint density at radius 2 is 2.22 bits per heavy atom. The number of carbonyl (C=O) groups excluding carboxylic acids is 1. The van der Waals surface area contributed by atoms with E-state index in [1.807, 2.05) is 0 Å². The Morgan fingerprint density at radius 3 is 2.78 bits per heavy atom. The van der Waals surface area contributed by atoms with Crippen LogP contribution in [0.1, 0.15) is 16.1 Å². The number of amides is 1. The lowest BCUT2D eigenvalue weighted by molar-refractivity contribution is 0.102. The molecule has 0 saturated heterocycles. The van der Waals surface area contributed by atoms with Crippen molar-refractivity contribution < 1.29 is 4.79 Å². The largest absolute Gasteiger partial charge is 0.389 e. The van der Waals surface area contributed by atoms with Gasteiger partial charge in [-0.2, -0.15) is 10.2 Å². The quantitative estimate of drug-likeness (QED) is 0.764. The summed E-state index contributed by atoms with van der Waals surface area (Å²) in [5.74, 6) is 0.120. The molecule has 0 bridgehead atoms. The second-order valence-corrected chi connectivity index (χ2v) is 4.16. The Bertz CT molecular complexity index is 614. The summed E-state index contributed by atoms with van der Waals surface area (Å²) in [5, 5.41) is 10.7. The van der Waals surface area contributed by atoms with E-state index in [1.54, 1.807) is 31.0 Å². The molecule has 0 aliphatic carbocycles. The fourth-order valence-electron chi connectivity index (χ4n) is 1.47. The number of carbonyl (C=O) groups is 1. The summed E-state index contributed by atoms with van der Waals surface area (Å²) in [7, 11) is 3.43. The van der Waals surface area contributed by atoms with E-state index in [1.165, 1.54) is 10.9 Å². The highest BCUT2D eigenvalue weighted by Crippen LogP contribution is 2.14. The van der Waals surface area contributed by atoms with Crippen molar-refractivity contribution in [2.75, 3.05) is 5.32 Å². The molecule has 2 aromatic rings. The van der Waals surface area contributed by atoms with Crippen LogP contribution in [0.25, 0.3) is 0 Å². The molecule has 8 heteroatoms. The highest BCUT2D eigenvalue weighted by atomic mass is 32.1. The van der Waals surface area contributed by atoms with Crippen LogP contribution in [0.15, 0.2) is 18.5 Å². The molecule has 0 aliphatic rings. The normalized spacial score (nSPS) is 10.3. The van der Waals surface area contributed by atoms with Crippen molar-refractivity contribution in [1.29, 1.82) is 0 Å². The first kappa shape index (κ1) is 12.2. The Labute approximate surface area is 109 Å². The lowest BCUT2D eigenvalue weighted by Crippen LogP contribution is -2.19. The Hall–Kier alpha value is -2.22. The number of anilines is 1. The van der Waals surface area contributed by atoms with Gasteiger partial charge in [0.15, 0.2) is 5.69 Å². The highest BCUT2D eigenvalue weighted by Gasteiger charge is 2.16. The van der Waals surface area contributed by atoms with Gasteiger partial charge in [0.2, 0.25) is 0 Å². The molecule has 2 aromatic heterocycles. The minimum atomic E-state index is -0.336. The van der Waals surface area contributed by atoms with Gasteiger partial charge in [-0.3, -0.25) is 14.2 Å². The molecular formula is C10H12N6OS. The lowest BCUT2D eigenvalue weighted by Gasteiger charge is -2.06. The van der Waals surface area contributed by atoms with Crippen LogP contribution in [0, 0.1) is 0 Å². The summed E-state index contributed by atoms with van der Waals surface area (Å²) in [6, 6.07) is 1.62. The standard InChI is InChI=1S/C10H12N6OS/c1-15-4-3-7(14-15)10(17)13-9-6(8(11)18)5-12-16(9)2/h3-5H,1-2H3,(H2,11,18)(H,13,17). The third-order valence-electron chi connectivity index (χ3n) is 2.38. The van der Waals surface area contributed by atoms with Crippen LogP contribution in [0.4, 0.5) is 5.82 Å². The summed E-state index contributed by atoms with van der Waals surface area (Å²) in [6.45, 7) is 0. The van der Waals surface area contributed by atoms with E-state index < -0.39 is 0 Å². The van der Waals surface area contributed by atoms with Crippen molar-refractivity contribution in [1.82, 2.24) is 19.6 Å². The van der Waals surface area contributed by atoms with E-state index >= 15 is 0 Å². The van der Waals surface area contributed by atoms with Crippen molar-refractivity contribution in [3.05, 3.63) is 29.7 Å². The number of nitrogens with one attached hydrogen (secondary N) is 1. The minimum Gasteiger partial charge on any atom is -0.389 e. The molecule has 2 heterocycles. The van der Waals surface area contributed by atoms with E-state index in [9.17, 15) is 4.79 Å². The summed E-state index contributed by atoms with van der Waals surface area (Å²) < 4.78 is 3.04. The molecule has 18 heavy (non-hydrogen) atoms. The van der Waals surface area contributed by atoms with Crippen LogP contribution in [0.2, 0.25) is 0 Å². The zero-order chi connectivity index (χ0) is 13.3. The van der Waals surface area contributed by atoms with E-state index in [0.29, 0.717) is 17.1 Å². The smallest absolute Gasteiger partial charge is 0.277 e. The second kappa shape index (κ2) is 4.57. The monoisotopic (exact) mass is 264 g/mol. The van der Waals surface area contributed by atoms with Crippen LogP contribution in [0.3, 0.4) is 0 Å². The summed E-state index contributed by atoms with van der Waals surface area (Å²) in [4.78, 5) is 12.1. The van der Waals surface area contributed by atoms with Gasteiger partial charge in [0.1, 0.15) is 10.8 Å². The van der Waals surface area contributed by atoms with Gasteiger partial charge >= 0.3 is 0 Å². The van der Waals surface area contributed by atoms with Crippen molar-refractivity contribution in [2.24, 2.45) is 19.8 Å². The molecule has 7 nitrogen and oxygen atoms in total. The number of rotatable bonds is 3. The van der Waals surface area contributed by atoms with Crippen molar-refractivity contribution in [2.45, 2.75) is 0 Å². The maximum Gasteiger partial charge on any atom is 0.277 e. The molecule has 0 aliphatic heterocycles. The number of hydrogen-bond donors (Lipinski definition) is 2. The minimum absolute atomic E-state index is 0.180. The maximum atomic E-state index is 11.9.